The standard InChI is InChI=1S/C8H12O5/c9-5-3-10-7-6(5)11-4-8(7)12-1-2-13-8/h5-7,9H,1-4H2/t5-,6+,7+/m1/s1. The summed E-state index contributed by atoms with van der Waals surface area (Å²) in [6.45, 7) is 1.82. The van der Waals surface area contributed by atoms with Crippen LogP contribution in [0.1, 0.15) is 0 Å². The van der Waals surface area contributed by atoms with Crippen LogP contribution in [-0.4, -0.2) is 55.6 Å². The zero-order chi connectivity index (χ0) is 8.89. The third-order valence-corrected chi connectivity index (χ3v) is 2.81. The molecule has 0 aliphatic carbocycles. The van der Waals surface area contributed by atoms with E-state index in [0.717, 1.165) is 0 Å². The molecule has 74 valence electrons. The number of fused-ring (bicyclic) bond motifs is 2. The van der Waals surface area contributed by atoms with Crippen molar-refractivity contribution in [3.63, 3.8) is 0 Å². The van der Waals surface area contributed by atoms with Crippen LogP contribution in [0.3, 0.4) is 0 Å². The summed E-state index contributed by atoms with van der Waals surface area (Å²) in [5, 5.41) is 9.48. The summed E-state index contributed by atoms with van der Waals surface area (Å²) < 4.78 is 21.8. The summed E-state index contributed by atoms with van der Waals surface area (Å²) in [6.07, 6.45) is -1.08. The fourth-order valence-corrected chi connectivity index (χ4v) is 2.18. The maximum atomic E-state index is 9.48. The Morgan fingerprint density at radius 1 is 1.15 bits per heavy atom. The molecule has 3 saturated heterocycles. The Labute approximate surface area is 75.5 Å². The Kier molecular flexibility index (Phi) is 1.66. The van der Waals surface area contributed by atoms with Gasteiger partial charge in [0.25, 0.3) is 0 Å². The molecule has 3 heterocycles. The van der Waals surface area contributed by atoms with Gasteiger partial charge in [-0.3, -0.25) is 0 Å². The van der Waals surface area contributed by atoms with Crippen molar-refractivity contribution >= 4 is 0 Å². The van der Waals surface area contributed by atoms with Crippen LogP contribution in [0, 0.1) is 0 Å². The van der Waals surface area contributed by atoms with Gasteiger partial charge in [0, 0.05) is 0 Å². The number of rotatable bonds is 0. The molecule has 0 radical (unpaired) electrons. The zero-order valence-corrected chi connectivity index (χ0v) is 7.14. The van der Waals surface area contributed by atoms with E-state index in [-0.39, 0.29) is 12.2 Å². The van der Waals surface area contributed by atoms with Gasteiger partial charge in [-0.05, 0) is 0 Å². The average molecular weight is 188 g/mol. The molecule has 0 aromatic heterocycles. The van der Waals surface area contributed by atoms with Crippen molar-refractivity contribution in [2.24, 2.45) is 0 Å². The molecule has 1 N–H and O–H groups in total. The van der Waals surface area contributed by atoms with E-state index in [1.807, 2.05) is 0 Å². The molecule has 0 amide bonds. The van der Waals surface area contributed by atoms with E-state index in [1.165, 1.54) is 0 Å². The highest BCUT2D eigenvalue weighted by Crippen LogP contribution is 2.39. The largest absolute Gasteiger partial charge is 0.388 e. The number of hydrogen-bond donors (Lipinski definition) is 1. The normalized spacial score (nSPS) is 47.3. The first kappa shape index (κ1) is 8.14. The summed E-state index contributed by atoms with van der Waals surface area (Å²) in [5.41, 5.74) is 0. The molecule has 13 heavy (non-hydrogen) atoms. The van der Waals surface area contributed by atoms with Crippen LogP contribution in [0.25, 0.3) is 0 Å². The van der Waals surface area contributed by atoms with Crippen LogP contribution in [0.2, 0.25) is 0 Å². The van der Waals surface area contributed by atoms with Gasteiger partial charge in [0.15, 0.2) is 0 Å². The molecule has 3 aliphatic rings. The van der Waals surface area contributed by atoms with Crippen molar-refractivity contribution in [2.45, 2.75) is 24.1 Å². The van der Waals surface area contributed by atoms with Crippen LogP contribution >= 0.6 is 0 Å². The minimum atomic E-state index is -0.734. The second kappa shape index (κ2) is 2.65. The van der Waals surface area contributed by atoms with Gasteiger partial charge >= 0.3 is 0 Å². The third kappa shape index (κ3) is 0.992. The smallest absolute Gasteiger partial charge is 0.221 e. The molecule has 0 aromatic rings. The highest BCUT2D eigenvalue weighted by Gasteiger charge is 2.60. The second-order valence-corrected chi connectivity index (χ2v) is 3.61. The van der Waals surface area contributed by atoms with Crippen molar-refractivity contribution in [1.29, 1.82) is 0 Å². The number of hydrogen-bond acceptors (Lipinski definition) is 5. The van der Waals surface area contributed by atoms with E-state index >= 15 is 0 Å². The van der Waals surface area contributed by atoms with Gasteiger partial charge in [0.2, 0.25) is 5.79 Å². The lowest BCUT2D eigenvalue weighted by atomic mass is 10.1. The van der Waals surface area contributed by atoms with Gasteiger partial charge < -0.3 is 24.1 Å². The quantitative estimate of drug-likeness (QED) is 0.522. The molecular formula is C8H12O5. The van der Waals surface area contributed by atoms with Crippen LogP contribution in [0.4, 0.5) is 0 Å². The van der Waals surface area contributed by atoms with Crippen molar-refractivity contribution in [3.05, 3.63) is 0 Å². The topological polar surface area (TPSA) is 57.2 Å². The van der Waals surface area contributed by atoms with E-state index in [0.29, 0.717) is 26.4 Å². The molecule has 3 aliphatic heterocycles. The average Bonchev–Trinajstić information content (AvgIpc) is 2.76. The lowest BCUT2D eigenvalue weighted by Crippen LogP contribution is -2.44. The molecule has 0 bridgehead atoms. The van der Waals surface area contributed by atoms with Crippen LogP contribution in [0.5, 0.6) is 0 Å². The molecule has 1 spiro atoms. The molecule has 0 unspecified atom stereocenters. The Hall–Kier alpha value is -0.200. The molecule has 3 atom stereocenters. The highest BCUT2D eigenvalue weighted by molar-refractivity contribution is 5.01. The molecule has 0 aromatic carbocycles. The predicted molar refractivity (Wildman–Crippen MR) is 40.1 cm³/mol. The number of aliphatic hydroxyl groups excluding tert-OH is 1. The lowest BCUT2D eigenvalue weighted by Gasteiger charge is -2.25. The molecular weight excluding hydrogens is 176 g/mol. The fourth-order valence-electron chi connectivity index (χ4n) is 2.18. The Morgan fingerprint density at radius 3 is 2.69 bits per heavy atom. The van der Waals surface area contributed by atoms with Gasteiger partial charge in [0.05, 0.1) is 19.8 Å². The third-order valence-electron chi connectivity index (χ3n) is 2.81. The number of ether oxygens (including phenoxy) is 4. The summed E-state index contributed by atoms with van der Waals surface area (Å²) in [6, 6.07) is 0. The van der Waals surface area contributed by atoms with Gasteiger partial charge in [-0.25, -0.2) is 0 Å². The fraction of sp³-hybridized carbons (Fsp3) is 1.00. The lowest BCUT2D eigenvalue weighted by molar-refractivity contribution is -0.206. The number of aliphatic hydroxyl groups is 1. The minimum absolute atomic E-state index is 0.259. The van der Waals surface area contributed by atoms with Gasteiger partial charge in [-0.15, -0.1) is 0 Å². The Bertz CT molecular complexity index is 213. The Balaban J connectivity index is 1.85. The zero-order valence-electron chi connectivity index (χ0n) is 7.14. The van der Waals surface area contributed by atoms with E-state index in [1.54, 1.807) is 0 Å². The van der Waals surface area contributed by atoms with Crippen LogP contribution in [-0.2, 0) is 18.9 Å². The first-order chi connectivity index (χ1) is 6.32. The van der Waals surface area contributed by atoms with E-state index in [9.17, 15) is 5.11 Å². The predicted octanol–water partition coefficient (Wildman–Crippen LogP) is -1.11. The highest BCUT2D eigenvalue weighted by atomic mass is 16.8. The second-order valence-electron chi connectivity index (χ2n) is 3.61. The summed E-state index contributed by atoms with van der Waals surface area (Å²) in [5.74, 6) is -0.734. The van der Waals surface area contributed by atoms with Crippen molar-refractivity contribution in [2.75, 3.05) is 26.4 Å². The SMILES string of the molecule is O[C@@H]1CO[C@H]2[C@H]1OCC21OCCO1. The molecule has 3 rings (SSSR count). The monoisotopic (exact) mass is 188 g/mol. The van der Waals surface area contributed by atoms with Gasteiger partial charge in [-0.2, -0.15) is 0 Å². The summed E-state index contributed by atoms with van der Waals surface area (Å²) in [7, 11) is 0. The molecule has 3 fully saturated rings. The van der Waals surface area contributed by atoms with E-state index in [4.69, 9.17) is 18.9 Å². The first-order valence-electron chi connectivity index (χ1n) is 4.51. The van der Waals surface area contributed by atoms with Crippen LogP contribution in [0.15, 0.2) is 0 Å². The van der Waals surface area contributed by atoms with E-state index < -0.39 is 11.9 Å². The Morgan fingerprint density at radius 2 is 1.92 bits per heavy atom. The summed E-state index contributed by atoms with van der Waals surface area (Å²) >= 11 is 0. The minimum Gasteiger partial charge on any atom is -0.388 e. The molecule has 5 heteroatoms. The van der Waals surface area contributed by atoms with Crippen LogP contribution < -0.4 is 0 Å². The molecule has 0 saturated carbocycles. The van der Waals surface area contributed by atoms with Crippen molar-refractivity contribution < 1.29 is 24.1 Å². The first-order valence-corrected chi connectivity index (χ1v) is 4.51. The van der Waals surface area contributed by atoms with Crippen molar-refractivity contribution in [1.82, 2.24) is 0 Å². The maximum absolute atomic E-state index is 9.48. The molecule has 5 nitrogen and oxygen atoms in total. The van der Waals surface area contributed by atoms with E-state index in [2.05, 4.69) is 0 Å². The van der Waals surface area contributed by atoms with Gasteiger partial charge in [0.1, 0.15) is 24.9 Å². The van der Waals surface area contributed by atoms with Crippen molar-refractivity contribution in [3.8, 4) is 0 Å². The van der Waals surface area contributed by atoms with Gasteiger partial charge in [-0.1, -0.05) is 0 Å². The maximum Gasteiger partial charge on any atom is 0.221 e. The summed E-state index contributed by atoms with van der Waals surface area (Å²) in [4.78, 5) is 0.